The smallest absolute Gasteiger partial charge is 0.230 e. The van der Waals surface area contributed by atoms with Crippen LogP contribution in [0, 0.1) is 0 Å². The molecule has 0 radical (unpaired) electrons. The second-order valence-corrected chi connectivity index (χ2v) is 9.52. The van der Waals surface area contributed by atoms with Crippen LogP contribution in [0.4, 0.5) is 28.8 Å². The van der Waals surface area contributed by atoms with Crippen molar-refractivity contribution in [3.8, 4) is 0 Å². The summed E-state index contributed by atoms with van der Waals surface area (Å²) in [6, 6.07) is 18.2. The minimum Gasteiger partial charge on any atom is -0.369 e. The van der Waals surface area contributed by atoms with Gasteiger partial charge in [0.2, 0.25) is 5.95 Å². The highest BCUT2D eigenvalue weighted by molar-refractivity contribution is 7.16. The zero-order valence-corrected chi connectivity index (χ0v) is 20.5. The number of allylic oxidation sites excluding steroid dienone is 1. The van der Waals surface area contributed by atoms with Crippen LogP contribution in [0.15, 0.2) is 72.6 Å². The number of hydrogen-bond donors (Lipinski definition) is 2. The minimum absolute atomic E-state index is 0.0232. The van der Waals surface area contributed by atoms with Crippen LogP contribution in [-0.4, -0.2) is 53.9 Å². The van der Waals surface area contributed by atoms with E-state index in [4.69, 9.17) is 9.97 Å². The van der Waals surface area contributed by atoms with E-state index in [2.05, 4.69) is 58.3 Å². The van der Waals surface area contributed by atoms with Crippen LogP contribution in [0.3, 0.4) is 0 Å². The molecule has 1 aliphatic rings. The Morgan fingerprint density at radius 3 is 2.57 bits per heavy atom. The monoisotopic (exact) mass is 484 g/mol. The number of benzene rings is 2. The van der Waals surface area contributed by atoms with Crippen molar-refractivity contribution in [1.29, 1.82) is 0 Å². The van der Waals surface area contributed by atoms with E-state index in [1.54, 1.807) is 11.3 Å². The molecule has 0 aliphatic carbocycles. The number of thiophene rings is 1. The Labute approximate surface area is 209 Å². The molecule has 7 nitrogen and oxygen atoms in total. The molecule has 8 heteroatoms. The van der Waals surface area contributed by atoms with E-state index in [1.165, 1.54) is 11.8 Å². The summed E-state index contributed by atoms with van der Waals surface area (Å²) in [5.74, 6) is 1.20. The van der Waals surface area contributed by atoms with Gasteiger partial charge in [-0.1, -0.05) is 24.8 Å². The molecule has 0 atom stereocenters. The summed E-state index contributed by atoms with van der Waals surface area (Å²) in [7, 11) is 2.16. The van der Waals surface area contributed by atoms with Crippen molar-refractivity contribution in [2.75, 3.05) is 48.8 Å². The van der Waals surface area contributed by atoms with Crippen LogP contribution in [0.2, 0.25) is 0 Å². The van der Waals surface area contributed by atoms with Crippen molar-refractivity contribution in [2.24, 2.45) is 0 Å². The molecule has 4 aromatic rings. The molecular formula is C27H28N6OS. The third-order valence-electron chi connectivity index (χ3n) is 6.18. The van der Waals surface area contributed by atoms with Crippen molar-refractivity contribution >= 4 is 56.2 Å². The molecule has 0 bridgehead atoms. The van der Waals surface area contributed by atoms with E-state index >= 15 is 0 Å². The maximum atomic E-state index is 12.0. The van der Waals surface area contributed by atoms with Crippen molar-refractivity contribution in [3.05, 3.63) is 78.2 Å². The first-order valence-electron chi connectivity index (χ1n) is 11.6. The summed E-state index contributed by atoms with van der Waals surface area (Å²) < 4.78 is 0. The van der Waals surface area contributed by atoms with E-state index in [-0.39, 0.29) is 12.2 Å². The zero-order valence-electron chi connectivity index (χ0n) is 19.7. The van der Waals surface area contributed by atoms with Crippen molar-refractivity contribution in [1.82, 2.24) is 14.9 Å². The van der Waals surface area contributed by atoms with E-state index < -0.39 is 0 Å². The molecule has 0 spiro atoms. The lowest BCUT2D eigenvalue weighted by Crippen LogP contribution is -2.44. The Kier molecular flexibility index (Phi) is 6.74. The molecule has 1 saturated heterocycles. The van der Waals surface area contributed by atoms with Crippen LogP contribution in [-0.2, 0) is 11.2 Å². The SMILES string of the molecule is C=CC(=O)Cc1ccccc1Nc1nc(Nc2ccc(N3CCN(C)CC3)cc2)nc2sccc12. The van der Waals surface area contributed by atoms with Gasteiger partial charge in [0, 0.05) is 49.7 Å². The number of para-hydroxylation sites is 1. The maximum Gasteiger partial charge on any atom is 0.230 e. The Bertz CT molecular complexity index is 1340. The Hall–Kier alpha value is -3.75. The first-order chi connectivity index (χ1) is 17.1. The van der Waals surface area contributed by atoms with E-state index in [0.29, 0.717) is 11.8 Å². The largest absolute Gasteiger partial charge is 0.369 e. The fourth-order valence-electron chi connectivity index (χ4n) is 4.14. The van der Waals surface area contributed by atoms with E-state index in [9.17, 15) is 4.79 Å². The number of anilines is 5. The molecule has 5 rings (SSSR count). The van der Waals surface area contributed by atoms with Gasteiger partial charge >= 0.3 is 0 Å². The van der Waals surface area contributed by atoms with Gasteiger partial charge in [-0.3, -0.25) is 4.79 Å². The van der Waals surface area contributed by atoms with Crippen LogP contribution in [0.25, 0.3) is 10.2 Å². The fraction of sp³-hybridized carbons (Fsp3) is 0.222. The summed E-state index contributed by atoms with van der Waals surface area (Å²) in [4.78, 5) is 27.1. The molecule has 1 fully saturated rings. The van der Waals surface area contributed by atoms with E-state index in [0.717, 1.165) is 53.3 Å². The minimum atomic E-state index is -0.0232. The third kappa shape index (κ3) is 5.34. The standard InChI is InChI=1S/C27H28N6OS/c1-3-22(34)18-19-6-4-5-7-24(19)29-25-23-12-17-35-26(23)31-27(30-25)28-20-8-10-21(11-9-20)33-15-13-32(2)14-16-33/h3-12,17H,1,13-16,18H2,2H3,(H2,28,29,30,31). The predicted octanol–water partition coefficient (Wildman–Crippen LogP) is 5.23. The molecule has 3 heterocycles. The summed E-state index contributed by atoms with van der Waals surface area (Å²) >= 11 is 1.57. The lowest BCUT2D eigenvalue weighted by atomic mass is 10.1. The number of carbonyl (C=O) groups excluding carboxylic acids is 1. The quantitative estimate of drug-likeness (QED) is 0.332. The van der Waals surface area contributed by atoms with Crippen molar-refractivity contribution < 1.29 is 4.79 Å². The molecule has 0 amide bonds. The van der Waals surface area contributed by atoms with Crippen LogP contribution < -0.4 is 15.5 Å². The Morgan fingerprint density at radius 2 is 1.80 bits per heavy atom. The number of likely N-dealkylation sites (N-methyl/N-ethyl adjacent to an activating group) is 1. The molecule has 2 aromatic heterocycles. The first kappa shape index (κ1) is 23.0. The van der Waals surface area contributed by atoms with Gasteiger partial charge in [0.05, 0.1) is 5.39 Å². The van der Waals surface area contributed by atoms with Crippen molar-refractivity contribution in [3.63, 3.8) is 0 Å². The number of nitrogens with one attached hydrogen (secondary N) is 2. The topological polar surface area (TPSA) is 73.4 Å². The van der Waals surface area contributed by atoms with Gasteiger partial charge in [-0.05, 0) is 60.5 Å². The molecule has 2 N–H and O–H groups in total. The second-order valence-electron chi connectivity index (χ2n) is 8.63. The lowest BCUT2D eigenvalue weighted by Gasteiger charge is -2.34. The maximum absolute atomic E-state index is 12.0. The average Bonchev–Trinajstić information content (AvgIpc) is 3.35. The summed E-state index contributed by atoms with van der Waals surface area (Å²) in [6.07, 6.45) is 1.64. The highest BCUT2D eigenvalue weighted by Gasteiger charge is 2.15. The molecule has 0 unspecified atom stereocenters. The molecule has 1 aliphatic heterocycles. The number of nitrogens with zero attached hydrogens (tertiary/aromatic N) is 4. The second kappa shape index (κ2) is 10.2. The van der Waals surface area contributed by atoms with Gasteiger partial charge in [0.1, 0.15) is 10.6 Å². The first-order valence-corrected chi connectivity index (χ1v) is 12.5. The van der Waals surface area contributed by atoms with Gasteiger partial charge in [-0.25, -0.2) is 4.98 Å². The molecular weight excluding hydrogens is 456 g/mol. The van der Waals surface area contributed by atoms with Gasteiger partial charge in [-0.15, -0.1) is 11.3 Å². The molecule has 0 saturated carbocycles. The third-order valence-corrected chi connectivity index (χ3v) is 6.99. The van der Waals surface area contributed by atoms with Crippen LogP contribution in [0.1, 0.15) is 5.56 Å². The number of rotatable bonds is 8. The predicted molar refractivity (Wildman–Crippen MR) is 145 cm³/mol. The summed E-state index contributed by atoms with van der Waals surface area (Å²) in [6.45, 7) is 7.82. The van der Waals surface area contributed by atoms with Gasteiger partial charge in [-0.2, -0.15) is 4.98 Å². The van der Waals surface area contributed by atoms with Gasteiger partial charge in [0.15, 0.2) is 5.78 Å². The number of fused-ring (bicyclic) bond motifs is 1. The normalized spacial score (nSPS) is 14.1. The summed E-state index contributed by atoms with van der Waals surface area (Å²) in [5.41, 5.74) is 3.90. The number of aromatic nitrogens is 2. The molecule has 2 aromatic carbocycles. The number of hydrogen-bond acceptors (Lipinski definition) is 8. The lowest BCUT2D eigenvalue weighted by molar-refractivity contribution is -0.114. The molecule has 178 valence electrons. The highest BCUT2D eigenvalue weighted by Crippen LogP contribution is 2.31. The Morgan fingerprint density at radius 1 is 1.03 bits per heavy atom. The van der Waals surface area contributed by atoms with Crippen LogP contribution >= 0.6 is 11.3 Å². The fourth-order valence-corrected chi connectivity index (χ4v) is 4.90. The number of piperazine rings is 1. The van der Waals surface area contributed by atoms with Gasteiger partial charge < -0.3 is 20.4 Å². The average molecular weight is 485 g/mol. The highest BCUT2D eigenvalue weighted by atomic mass is 32.1. The van der Waals surface area contributed by atoms with Crippen molar-refractivity contribution in [2.45, 2.75) is 6.42 Å². The molecule has 35 heavy (non-hydrogen) atoms. The Balaban J connectivity index is 1.37. The zero-order chi connectivity index (χ0) is 24.2. The van der Waals surface area contributed by atoms with E-state index in [1.807, 2.05) is 35.7 Å². The van der Waals surface area contributed by atoms with Gasteiger partial charge in [0.25, 0.3) is 0 Å². The summed E-state index contributed by atoms with van der Waals surface area (Å²) in [5, 5.41) is 9.73. The van der Waals surface area contributed by atoms with Crippen LogP contribution in [0.5, 0.6) is 0 Å². The number of ketones is 1. The number of carbonyl (C=O) groups is 1.